The number of carbonyl (C=O) groups is 2. The fourth-order valence-corrected chi connectivity index (χ4v) is 3.24. The molecule has 0 aromatic heterocycles. The summed E-state index contributed by atoms with van der Waals surface area (Å²) in [5.41, 5.74) is -0.243. The van der Waals surface area contributed by atoms with Crippen LogP contribution in [0.2, 0.25) is 0 Å². The first-order valence-corrected chi connectivity index (χ1v) is 7.60. The highest BCUT2D eigenvalue weighted by atomic mass is 16.6. The smallest absolute Gasteiger partial charge is 0.411 e. The van der Waals surface area contributed by atoms with Crippen molar-refractivity contribution in [3.8, 4) is 0 Å². The second-order valence-corrected chi connectivity index (χ2v) is 6.35. The number of hydrogen-bond acceptors (Lipinski definition) is 3. The SMILES string of the molecule is CC1CC(C(=O)O)(N(C(=O)OCc2ccccc2)C(C)C)C1. The Kier molecular flexibility index (Phi) is 4.74. The molecule has 0 saturated heterocycles. The van der Waals surface area contributed by atoms with Gasteiger partial charge in [0, 0.05) is 6.04 Å². The van der Waals surface area contributed by atoms with Gasteiger partial charge in [-0.25, -0.2) is 9.59 Å². The van der Waals surface area contributed by atoms with E-state index in [1.54, 1.807) is 0 Å². The third-order valence-corrected chi connectivity index (χ3v) is 4.15. The Balaban J connectivity index is 2.10. The topological polar surface area (TPSA) is 66.8 Å². The molecule has 1 aromatic carbocycles. The molecule has 1 fully saturated rings. The van der Waals surface area contributed by atoms with Gasteiger partial charge in [0.2, 0.25) is 0 Å². The normalized spacial score (nSPS) is 23.7. The lowest BCUT2D eigenvalue weighted by Crippen LogP contribution is -2.65. The first-order valence-electron chi connectivity index (χ1n) is 7.60. The van der Waals surface area contributed by atoms with Crippen molar-refractivity contribution in [2.45, 2.75) is 51.8 Å². The average Bonchev–Trinajstić information content (AvgIpc) is 2.43. The Hall–Kier alpha value is -2.04. The fourth-order valence-electron chi connectivity index (χ4n) is 3.24. The number of carboxylic acid groups (broad SMARTS) is 1. The van der Waals surface area contributed by atoms with Gasteiger partial charge in [0.05, 0.1) is 0 Å². The first kappa shape index (κ1) is 16.3. The zero-order chi connectivity index (χ0) is 16.3. The second kappa shape index (κ2) is 6.38. The molecular weight excluding hydrogens is 282 g/mol. The van der Waals surface area contributed by atoms with Crippen molar-refractivity contribution in [2.24, 2.45) is 5.92 Å². The molecule has 1 saturated carbocycles. The largest absolute Gasteiger partial charge is 0.479 e. The number of carboxylic acids is 1. The molecule has 0 bridgehead atoms. The minimum atomic E-state index is -1.12. The standard InChI is InChI=1S/C17H23NO4/c1-12(2)18(17(15(19)20)9-13(3)10-17)16(21)22-11-14-7-5-4-6-8-14/h4-8,12-13H,9-11H2,1-3H3,(H,19,20). The third-order valence-electron chi connectivity index (χ3n) is 4.15. The second-order valence-electron chi connectivity index (χ2n) is 6.35. The lowest BCUT2D eigenvalue weighted by atomic mass is 9.67. The molecule has 22 heavy (non-hydrogen) atoms. The summed E-state index contributed by atoms with van der Waals surface area (Å²) >= 11 is 0. The zero-order valence-electron chi connectivity index (χ0n) is 13.3. The molecule has 1 aliphatic carbocycles. The van der Waals surface area contributed by atoms with E-state index in [1.165, 1.54) is 4.90 Å². The van der Waals surface area contributed by atoms with Crippen LogP contribution in [0.1, 0.15) is 39.2 Å². The predicted octanol–water partition coefficient (Wildman–Crippen LogP) is 3.29. The quantitative estimate of drug-likeness (QED) is 0.906. The van der Waals surface area contributed by atoms with Crippen LogP contribution in [0.25, 0.3) is 0 Å². The van der Waals surface area contributed by atoms with E-state index >= 15 is 0 Å². The van der Waals surface area contributed by atoms with Crippen molar-refractivity contribution in [3.63, 3.8) is 0 Å². The van der Waals surface area contributed by atoms with Gasteiger partial charge in [-0.15, -0.1) is 0 Å². The van der Waals surface area contributed by atoms with Gasteiger partial charge in [0.25, 0.3) is 0 Å². The maximum Gasteiger partial charge on any atom is 0.411 e. The summed E-state index contributed by atoms with van der Waals surface area (Å²) in [7, 11) is 0. The monoisotopic (exact) mass is 305 g/mol. The summed E-state index contributed by atoms with van der Waals surface area (Å²) in [6.07, 6.45) is 0.384. The van der Waals surface area contributed by atoms with E-state index in [0.717, 1.165) is 5.56 Å². The van der Waals surface area contributed by atoms with Gasteiger partial charge in [-0.3, -0.25) is 4.90 Å². The number of nitrogens with zero attached hydrogens (tertiary/aromatic N) is 1. The van der Waals surface area contributed by atoms with Crippen LogP contribution in [-0.4, -0.2) is 33.6 Å². The highest BCUT2D eigenvalue weighted by molar-refractivity contribution is 5.85. The Labute approximate surface area is 130 Å². The van der Waals surface area contributed by atoms with E-state index in [4.69, 9.17) is 4.74 Å². The molecule has 1 aliphatic rings. The van der Waals surface area contributed by atoms with Crippen molar-refractivity contribution in [3.05, 3.63) is 35.9 Å². The molecule has 5 nitrogen and oxygen atoms in total. The summed E-state index contributed by atoms with van der Waals surface area (Å²) in [6.45, 7) is 5.78. The number of rotatable bonds is 5. The van der Waals surface area contributed by atoms with Crippen molar-refractivity contribution >= 4 is 12.1 Å². The fraction of sp³-hybridized carbons (Fsp3) is 0.529. The van der Waals surface area contributed by atoms with Crippen LogP contribution in [0.15, 0.2) is 30.3 Å². The van der Waals surface area contributed by atoms with Gasteiger partial charge in [0.1, 0.15) is 12.1 Å². The highest BCUT2D eigenvalue weighted by Gasteiger charge is 2.56. The van der Waals surface area contributed by atoms with Gasteiger partial charge in [-0.2, -0.15) is 0 Å². The predicted molar refractivity (Wildman–Crippen MR) is 82.4 cm³/mol. The van der Waals surface area contributed by atoms with Crippen LogP contribution in [0.5, 0.6) is 0 Å². The maximum atomic E-state index is 12.4. The van der Waals surface area contributed by atoms with Crippen LogP contribution in [-0.2, 0) is 16.1 Å². The van der Waals surface area contributed by atoms with Gasteiger partial charge < -0.3 is 9.84 Å². The summed E-state index contributed by atoms with van der Waals surface area (Å²) < 4.78 is 5.34. The number of hydrogen-bond donors (Lipinski definition) is 1. The van der Waals surface area contributed by atoms with Crippen molar-refractivity contribution < 1.29 is 19.4 Å². The van der Waals surface area contributed by atoms with Crippen LogP contribution < -0.4 is 0 Å². The first-order chi connectivity index (χ1) is 10.4. The third kappa shape index (κ3) is 3.08. The Morgan fingerprint density at radius 2 is 1.91 bits per heavy atom. The van der Waals surface area contributed by atoms with E-state index in [1.807, 2.05) is 51.1 Å². The van der Waals surface area contributed by atoms with Gasteiger partial charge in [-0.05, 0) is 38.2 Å². The van der Waals surface area contributed by atoms with Crippen LogP contribution in [0.3, 0.4) is 0 Å². The van der Waals surface area contributed by atoms with E-state index in [9.17, 15) is 14.7 Å². The van der Waals surface area contributed by atoms with Crippen molar-refractivity contribution in [1.29, 1.82) is 0 Å². The van der Waals surface area contributed by atoms with Crippen molar-refractivity contribution in [2.75, 3.05) is 0 Å². The Bertz CT molecular complexity index is 535. The van der Waals surface area contributed by atoms with Gasteiger partial charge in [0.15, 0.2) is 0 Å². The molecule has 5 heteroatoms. The number of benzene rings is 1. The highest BCUT2D eigenvalue weighted by Crippen LogP contribution is 2.44. The average molecular weight is 305 g/mol. The van der Waals surface area contributed by atoms with Crippen LogP contribution in [0.4, 0.5) is 4.79 Å². The molecule has 1 N–H and O–H groups in total. The van der Waals surface area contributed by atoms with E-state index < -0.39 is 17.6 Å². The van der Waals surface area contributed by atoms with Crippen LogP contribution in [0, 0.1) is 5.92 Å². The Morgan fingerprint density at radius 1 is 1.32 bits per heavy atom. The molecule has 1 aromatic rings. The number of carbonyl (C=O) groups excluding carboxylic acids is 1. The van der Waals surface area contributed by atoms with Crippen LogP contribution >= 0.6 is 0 Å². The lowest BCUT2D eigenvalue weighted by molar-refractivity contribution is -0.162. The Morgan fingerprint density at radius 3 is 2.36 bits per heavy atom. The molecule has 0 atom stereocenters. The minimum absolute atomic E-state index is 0.147. The molecule has 0 radical (unpaired) electrons. The molecule has 0 unspecified atom stereocenters. The molecule has 120 valence electrons. The summed E-state index contributed by atoms with van der Waals surface area (Å²) in [6, 6.07) is 9.13. The van der Waals surface area contributed by atoms with E-state index in [0.29, 0.717) is 18.8 Å². The summed E-state index contributed by atoms with van der Waals surface area (Å²) in [4.78, 5) is 25.6. The molecule has 0 aliphatic heterocycles. The lowest BCUT2D eigenvalue weighted by Gasteiger charge is -2.51. The van der Waals surface area contributed by atoms with Crippen molar-refractivity contribution in [1.82, 2.24) is 4.90 Å². The van der Waals surface area contributed by atoms with Gasteiger partial charge >= 0.3 is 12.1 Å². The summed E-state index contributed by atoms with van der Waals surface area (Å²) in [5.74, 6) is -0.643. The molecular formula is C17H23NO4. The number of ether oxygens (including phenoxy) is 1. The maximum absolute atomic E-state index is 12.4. The molecule has 0 heterocycles. The number of amides is 1. The molecule has 1 amide bonds. The van der Waals surface area contributed by atoms with E-state index in [2.05, 4.69) is 0 Å². The molecule has 2 rings (SSSR count). The summed E-state index contributed by atoms with van der Waals surface area (Å²) in [5, 5.41) is 9.61. The van der Waals surface area contributed by atoms with E-state index in [-0.39, 0.29) is 12.6 Å². The molecule has 0 spiro atoms. The van der Waals surface area contributed by atoms with Gasteiger partial charge in [-0.1, -0.05) is 37.3 Å². The zero-order valence-corrected chi connectivity index (χ0v) is 13.3. The number of aliphatic carboxylic acids is 1. The minimum Gasteiger partial charge on any atom is -0.479 e.